The summed E-state index contributed by atoms with van der Waals surface area (Å²) >= 11 is 1.53. The summed E-state index contributed by atoms with van der Waals surface area (Å²) in [6.45, 7) is -0.0769. The van der Waals surface area contributed by atoms with E-state index in [1.54, 1.807) is 7.11 Å². The number of hydrogen-bond donors (Lipinski definition) is 2. The first-order chi connectivity index (χ1) is 16.6. The molecule has 0 aliphatic heterocycles. The Morgan fingerprint density at radius 3 is 2.50 bits per heavy atom. The van der Waals surface area contributed by atoms with Crippen molar-refractivity contribution in [3.63, 3.8) is 0 Å². The van der Waals surface area contributed by atoms with Crippen LogP contribution < -0.4 is 15.4 Å². The van der Waals surface area contributed by atoms with Crippen LogP contribution in [0.5, 0.6) is 5.75 Å². The van der Waals surface area contributed by atoms with Crippen LogP contribution in [0.4, 0.5) is 5.69 Å². The van der Waals surface area contributed by atoms with Crippen LogP contribution >= 0.6 is 11.8 Å². The number of carbonyl (C=O) groups is 2. The van der Waals surface area contributed by atoms with E-state index in [-0.39, 0.29) is 18.4 Å². The van der Waals surface area contributed by atoms with Crippen molar-refractivity contribution in [3.8, 4) is 5.75 Å². The molecule has 172 valence electrons. The number of para-hydroxylation sites is 1. The Balaban J connectivity index is 1.30. The number of ether oxygens (including phenoxy) is 1. The monoisotopic (exact) mass is 470 g/mol. The topological polar surface area (TPSA) is 67.4 Å². The molecule has 0 bridgehead atoms. The molecule has 0 aliphatic rings. The fraction of sp³-hybridized carbons (Fsp3) is 0.143. The Kier molecular flexibility index (Phi) is 7.83. The summed E-state index contributed by atoms with van der Waals surface area (Å²) in [6.07, 6.45) is 0.943. The minimum atomic E-state index is -0.266. The van der Waals surface area contributed by atoms with E-state index in [1.165, 1.54) is 11.8 Å². The second-order valence-electron chi connectivity index (χ2n) is 7.74. The van der Waals surface area contributed by atoms with Crippen LogP contribution in [0, 0.1) is 0 Å². The summed E-state index contributed by atoms with van der Waals surface area (Å²) in [7, 11) is 1.63. The van der Waals surface area contributed by atoms with Crippen molar-refractivity contribution in [3.05, 3.63) is 96.6 Å². The van der Waals surface area contributed by atoms with E-state index < -0.39 is 0 Å². The lowest BCUT2D eigenvalue weighted by atomic mass is 10.0. The summed E-state index contributed by atoms with van der Waals surface area (Å²) in [6, 6.07) is 29.6. The first kappa shape index (κ1) is 23.4. The van der Waals surface area contributed by atoms with Crippen molar-refractivity contribution >= 4 is 40.0 Å². The normalized spacial score (nSPS) is 10.6. The quantitative estimate of drug-likeness (QED) is 0.330. The molecule has 4 aromatic rings. The molecule has 6 heteroatoms. The molecule has 0 unspecified atom stereocenters. The number of nitrogens with one attached hydrogen (secondary N) is 2. The highest BCUT2D eigenvalue weighted by atomic mass is 32.2. The third-order valence-corrected chi connectivity index (χ3v) is 6.44. The summed E-state index contributed by atoms with van der Waals surface area (Å²) < 4.78 is 5.29. The largest absolute Gasteiger partial charge is 0.497 e. The van der Waals surface area contributed by atoms with Crippen LogP contribution in [0.3, 0.4) is 0 Å². The molecule has 0 fully saturated rings. The summed E-state index contributed by atoms with van der Waals surface area (Å²) in [4.78, 5) is 26.8. The number of benzene rings is 4. The van der Waals surface area contributed by atoms with Gasteiger partial charge in [0.25, 0.3) is 0 Å². The van der Waals surface area contributed by atoms with Gasteiger partial charge in [0.1, 0.15) is 5.75 Å². The van der Waals surface area contributed by atoms with Crippen molar-refractivity contribution in [1.29, 1.82) is 0 Å². The van der Waals surface area contributed by atoms with Gasteiger partial charge in [-0.3, -0.25) is 9.59 Å². The molecule has 0 aromatic heterocycles. The predicted molar refractivity (Wildman–Crippen MR) is 137 cm³/mol. The van der Waals surface area contributed by atoms with Gasteiger partial charge in [-0.25, -0.2) is 0 Å². The van der Waals surface area contributed by atoms with Crippen molar-refractivity contribution in [2.75, 3.05) is 19.0 Å². The van der Waals surface area contributed by atoms with Crippen molar-refractivity contribution in [2.24, 2.45) is 0 Å². The summed E-state index contributed by atoms with van der Waals surface area (Å²) in [5.74, 6) is 0.358. The minimum Gasteiger partial charge on any atom is -0.497 e. The van der Waals surface area contributed by atoms with E-state index in [2.05, 4.69) is 28.8 Å². The maximum absolute atomic E-state index is 12.5. The number of anilines is 1. The second kappa shape index (κ2) is 11.4. The molecule has 5 nitrogen and oxygen atoms in total. The zero-order chi connectivity index (χ0) is 23.8. The maximum atomic E-state index is 12.5. The van der Waals surface area contributed by atoms with E-state index in [9.17, 15) is 9.59 Å². The van der Waals surface area contributed by atoms with Crippen LogP contribution in [-0.2, 0) is 16.0 Å². The third-order valence-electron chi connectivity index (χ3n) is 5.38. The molecule has 2 N–H and O–H groups in total. The van der Waals surface area contributed by atoms with E-state index in [0.717, 1.165) is 31.9 Å². The minimum absolute atomic E-state index is 0.0769. The van der Waals surface area contributed by atoms with Crippen LogP contribution in [0.15, 0.2) is 101 Å². The van der Waals surface area contributed by atoms with Gasteiger partial charge in [0.15, 0.2) is 0 Å². The van der Waals surface area contributed by atoms with E-state index in [1.807, 2.05) is 72.8 Å². The Bertz CT molecular complexity index is 1300. The highest BCUT2D eigenvalue weighted by molar-refractivity contribution is 7.99. The van der Waals surface area contributed by atoms with E-state index >= 15 is 0 Å². The third kappa shape index (κ3) is 6.17. The van der Waals surface area contributed by atoms with Crippen LogP contribution in [-0.4, -0.2) is 25.5 Å². The molecule has 2 amide bonds. The van der Waals surface area contributed by atoms with Crippen LogP contribution in [0.1, 0.15) is 12.0 Å². The van der Waals surface area contributed by atoms with Gasteiger partial charge in [0, 0.05) is 16.2 Å². The molecular formula is C28H26N2O3S. The Morgan fingerprint density at radius 1 is 0.853 bits per heavy atom. The van der Waals surface area contributed by atoms with Gasteiger partial charge in [-0.2, -0.15) is 0 Å². The molecule has 0 saturated heterocycles. The average Bonchev–Trinajstić information content (AvgIpc) is 2.87. The van der Waals surface area contributed by atoms with Gasteiger partial charge in [-0.1, -0.05) is 72.4 Å². The number of methoxy groups -OCH3 is 1. The lowest BCUT2D eigenvalue weighted by molar-refractivity contribution is -0.124. The number of hydrogen-bond acceptors (Lipinski definition) is 4. The summed E-state index contributed by atoms with van der Waals surface area (Å²) in [5.41, 5.74) is 1.83. The van der Waals surface area contributed by atoms with Crippen LogP contribution in [0.2, 0.25) is 0 Å². The van der Waals surface area contributed by atoms with Gasteiger partial charge in [0.05, 0.1) is 19.3 Å². The molecule has 0 aliphatic carbocycles. The van der Waals surface area contributed by atoms with Gasteiger partial charge in [0.2, 0.25) is 11.8 Å². The standard InChI is InChI=1S/C28H26N2O3S/c1-33-22-11-7-12-23(18-22)34-26-15-5-4-14-25(26)30-28(32)19-29-27(31)17-16-21-10-6-9-20-8-2-3-13-24(20)21/h2-15,18H,16-17,19H2,1H3,(H,29,31)(H,30,32). The molecule has 0 heterocycles. The predicted octanol–water partition coefficient (Wildman–Crippen LogP) is 5.69. The highest BCUT2D eigenvalue weighted by Crippen LogP contribution is 2.34. The number of amides is 2. The molecule has 0 atom stereocenters. The molecule has 34 heavy (non-hydrogen) atoms. The number of fused-ring (bicyclic) bond motifs is 1. The van der Waals surface area contributed by atoms with Crippen LogP contribution in [0.25, 0.3) is 10.8 Å². The molecule has 0 saturated carbocycles. The molecular weight excluding hydrogens is 444 g/mol. The number of rotatable bonds is 9. The van der Waals surface area contributed by atoms with E-state index in [0.29, 0.717) is 18.5 Å². The first-order valence-electron chi connectivity index (χ1n) is 11.1. The highest BCUT2D eigenvalue weighted by Gasteiger charge is 2.11. The average molecular weight is 471 g/mol. The lowest BCUT2D eigenvalue weighted by Crippen LogP contribution is -2.33. The molecule has 0 spiro atoms. The second-order valence-corrected chi connectivity index (χ2v) is 8.86. The first-order valence-corrected chi connectivity index (χ1v) is 11.9. The number of carbonyl (C=O) groups excluding carboxylic acids is 2. The van der Waals surface area contributed by atoms with Gasteiger partial charge in [-0.05, 0) is 53.1 Å². The Morgan fingerprint density at radius 2 is 1.62 bits per heavy atom. The maximum Gasteiger partial charge on any atom is 0.243 e. The fourth-order valence-electron chi connectivity index (χ4n) is 3.67. The van der Waals surface area contributed by atoms with Crippen molar-refractivity contribution in [2.45, 2.75) is 22.6 Å². The van der Waals surface area contributed by atoms with Crippen molar-refractivity contribution in [1.82, 2.24) is 5.32 Å². The van der Waals surface area contributed by atoms with Crippen molar-refractivity contribution < 1.29 is 14.3 Å². The smallest absolute Gasteiger partial charge is 0.243 e. The van der Waals surface area contributed by atoms with E-state index in [4.69, 9.17) is 4.74 Å². The SMILES string of the molecule is COc1cccc(Sc2ccccc2NC(=O)CNC(=O)CCc2cccc3ccccc23)c1. The van der Waals surface area contributed by atoms with Gasteiger partial charge in [-0.15, -0.1) is 0 Å². The van der Waals surface area contributed by atoms with Gasteiger partial charge < -0.3 is 15.4 Å². The zero-order valence-electron chi connectivity index (χ0n) is 18.9. The lowest BCUT2D eigenvalue weighted by Gasteiger charge is -2.12. The fourth-order valence-corrected chi connectivity index (χ4v) is 4.62. The summed E-state index contributed by atoms with van der Waals surface area (Å²) in [5, 5.41) is 7.95. The number of aryl methyl sites for hydroxylation is 1. The Labute approximate surface area is 203 Å². The zero-order valence-corrected chi connectivity index (χ0v) is 19.7. The molecule has 4 aromatic carbocycles. The Hall–Kier alpha value is -3.77. The molecule has 4 rings (SSSR count). The molecule has 0 radical (unpaired) electrons. The van der Waals surface area contributed by atoms with Gasteiger partial charge >= 0.3 is 0 Å².